The van der Waals surface area contributed by atoms with Crippen molar-refractivity contribution in [3.63, 3.8) is 0 Å². The van der Waals surface area contributed by atoms with Gasteiger partial charge in [0.2, 0.25) is 0 Å². The molecule has 3 aromatic carbocycles. The Morgan fingerprint density at radius 1 is 0.952 bits per heavy atom. The number of piperidine rings is 1. The smallest absolute Gasteiger partial charge is 0.328 e. The number of amides is 1. The Balaban J connectivity index is 1.27. The largest absolute Gasteiger partial charge is 0.467 e. The number of ether oxygens (including phenoxy) is 1. The first-order chi connectivity index (χ1) is 20.5. The summed E-state index contributed by atoms with van der Waals surface area (Å²) in [4.78, 5) is 35.8. The summed E-state index contributed by atoms with van der Waals surface area (Å²) in [5.74, 6) is -0.555. The summed E-state index contributed by atoms with van der Waals surface area (Å²) in [7, 11) is 1.38. The van der Waals surface area contributed by atoms with Gasteiger partial charge >= 0.3 is 5.97 Å². The summed E-state index contributed by atoms with van der Waals surface area (Å²) in [5.41, 5.74) is 4.28. The molecule has 2 heterocycles. The zero-order chi connectivity index (χ0) is 29.3. The molecule has 42 heavy (non-hydrogen) atoms. The van der Waals surface area contributed by atoms with Crippen LogP contribution in [0.25, 0.3) is 0 Å². The molecule has 8 heteroatoms. The predicted molar refractivity (Wildman–Crippen MR) is 159 cm³/mol. The van der Waals surface area contributed by atoms with E-state index in [1.807, 2.05) is 83.7 Å². The van der Waals surface area contributed by atoms with Gasteiger partial charge in [0.25, 0.3) is 5.91 Å². The molecule has 1 saturated heterocycles. The van der Waals surface area contributed by atoms with Crippen molar-refractivity contribution in [2.75, 3.05) is 20.2 Å². The fourth-order valence-corrected chi connectivity index (χ4v) is 5.62. The summed E-state index contributed by atoms with van der Waals surface area (Å²) in [6.07, 6.45) is 5.77. The molecule has 0 aliphatic carbocycles. The van der Waals surface area contributed by atoms with Gasteiger partial charge in [0.1, 0.15) is 6.04 Å². The molecule has 0 saturated carbocycles. The average molecular weight is 562 g/mol. The van der Waals surface area contributed by atoms with Crippen molar-refractivity contribution < 1.29 is 14.3 Å². The van der Waals surface area contributed by atoms with E-state index in [1.54, 1.807) is 17.0 Å². The van der Waals surface area contributed by atoms with E-state index in [0.717, 1.165) is 42.8 Å². The molecule has 1 aliphatic heterocycles. The number of aromatic nitrogens is 2. The fraction of sp³-hybridized carbons (Fsp3) is 0.294. The molecule has 214 valence electrons. The lowest BCUT2D eigenvalue weighted by Crippen LogP contribution is -2.55. The minimum atomic E-state index is -0.723. The van der Waals surface area contributed by atoms with Crippen LogP contribution in [0.3, 0.4) is 0 Å². The van der Waals surface area contributed by atoms with Crippen LogP contribution < -0.4 is 0 Å². The van der Waals surface area contributed by atoms with Crippen LogP contribution in [0.5, 0.6) is 0 Å². The first-order valence-corrected chi connectivity index (χ1v) is 14.3. The third-order valence-corrected chi connectivity index (χ3v) is 7.81. The topological polar surface area (TPSA) is 91.5 Å². The number of nitrogens with zero attached hydrogens (tertiary/aromatic N) is 5. The van der Waals surface area contributed by atoms with Crippen molar-refractivity contribution in [2.24, 2.45) is 0 Å². The number of methoxy groups -OCH3 is 1. The van der Waals surface area contributed by atoms with Gasteiger partial charge in [0, 0.05) is 50.4 Å². The molecule has 1 amide bonds. The van der Waals surface area contributed by atoms with Crippen LogP contribution in [0.4, 0.5) is 0 Å². The molecule has 0 unspecified atom stereocenters. The highest BCUT2D eigenvalue weighted by molar-refractivity contribution is 5.97. The number of esters is 1. The molecule has 0 spiro atoms. The third kappa shape index (κ3) is 7.12. The molecule has 0 N–H and O–H groups in total. The number of hydrogen-bond donors (Lipinski definition) is 0. The van der Waals surface area contributed by atoms with E-state index < -0.39 is 12.0 Å². The highest BCUT2D eigenvalue weighted by Gasteiger charge is 2.38. The Labute approximate surface area is 246 Å². The SMILES string of the molecule is COC(=O)[C@H](Cc1ccccc1)N(C(=O)c1ccccc1)C1CCN(Cc2cn(Cc3ccc(C#N)cc3)cn2)CC1. The molecule has 1 aromatic heterocycles. The lowest BCUT2D eigenvalue weighted by atomic mass is 9.96. The minimum Gasteiger partial charge on any atom is -0.467 e. The van der Waals surface area contributed by atoms with Gasteiger partial charge in [-0.2, -0.15) is 5.26 Å². The fourth-order valence-electron chi connectivity index (χ4n) is 5.62. The maximum atomic E-state index is 13.9. The van der Waals surface area contributed by atoms with Crippen molar-refractivity contribution in [1.82, 2.24) is 19.4 Å². The van der Waals surface area contributed by atoms with Crippen LogP contribution in [0.2, 0.25) is 0 Å². The summed E-state index contributed by atoms with van der Waals surface area (Å²) in [5, 5.41) is 9.02. The molecule has 1 fully saturated rings. The number of carbonyl (C=O) groups excluding carboxylic acids is 2. The Kier molecular flexibility index (Phi) is 9.42. The predicted octanol–water partition coefficient (Wildman–Crippen LogP) is 4.69. The Morgan fingerprint density at radius 2 is 1.62 bits per heavy atom. The number of nitriles is 1. The van der Waals surface area contributed by atoms with Gasteiger partial charge in [-0.25, -0.2) is 9.78 Å². The van der Waals surface area contributed by atoms with Crippen LogP contribution in [0.15, 0.2) is 97.5 Å². The summed E-state index contributed by atoms with van der Waals surface area (Å²) < 4.78 is 7.28. The third-order valence-electron chi connectivity index (χ3n) is 7.81. The normalized spacial score (nSPS) is 14.6. The van der Waals surface area contributed by atoms with Crippen molar-refractivity contribution >= 4 is 11.9 Å². The zero-order valence-corrected chi connectivity index (χ0v) is 23.8. The van der Waals surface area contributed by atoms with E-state index >= 15 is 0 Å². The van der Waals surface area contributed by atoms with Crippen LogP contribution in [0.1, 0.15) is 45.6 Å². The van der Waals surface area contributed by atoms with Crippen molar-refractivity contribution in [3.05, 3.63) is 125 Å². The second-order valence-corrected chi connectivity index (χ2v) is 10.7. The molecule has 1 atom stereocenters. The summed E-state index contributed by atoms with van der Waals surface area (Å²) >= 11 is 0. The maximum Gasteiger partial charge on any atom is 0.328 e. The quantitative estimate of drug-likeness (QED) is 0.261. The van der Waals surface area contributed by atoms with E-state index in [4.69, 9.17) is 10.00 Å². The van der Waals surface area contributed by atoms with Crippen LogP contribution in [-0.4, -0.2) is 63.5 Å². The lowest BCUT2D eigenvalue weighted by molar-refractivity contribution is -0.147. The number of likely N-dealkylation sites (tertiary alicyclic amines) is 1. The van der Waals surface area contributed by atoms with Gasteiger partial charge in [-0.1, -0.05) is 60.7 Å². The Hall–Kier alpha value is -4.74. The van der Waals surface area contributed by atoms with Gasteiger partial charge in [-0.15, -0.1) is 0 Å². The average Bonchev–Trinajstić information content (AvgIpc) is 3.48. The van der Waals surface area contributed by atoms with E-state index in [1.165, 1.54) is 7.11 Å². The molecule has 1 aliphatic rings. The second-order valence-electron chi connectivity index (χ2n) is 10.7. The van der Waals surface area contributed by atoms with E-state index in [-0.39, 0.29) is 11.9 Å². The van der Waals surface area contributed by atoms with Crippen molar-refractivity contribution in [3.8, 4) is 6.07 Å². The molecule has 5 rings (SSSR count). The molecular weight excluding hydrogens is 526 g/mol. The van der Waals surface area contributed by atoms with Gasteiger partial charge < -0.3 is 14.2 Å². The van der Waals surface area contributed by atoms with Gasteiger partial charge in [0.05, 0.1) is 30.8 Å². The number of hydrogen-bond acceptors (Lipinski definition) is 6. The zero-order valence-electron chi connectivity index (χ0n) is 23.8. The van der Waals surface area contributed by atoms with Crippen molar-refractivity contribution in [1.29, 1.82) is 5.26 Å². The Bertz CT molecular complexity index is 1500. The van der Waals surface area contributed by atoms with Crippen LogP contribution in [-0.2, 0) is 29.0 Å². The number of carbonyl (C=O) groups is 2. The molecular formula is C34H35N5O3. The first kappa shape index (κ1) is 28.8. The van der Waals surface area contributed by atoms with E-state index in [9.17, 15) is 9.59 Å². The highest BCUT2D eigenvalue weighted by Crippen LogP contribution is 2.25. The van der Waals surface area contributed by atoms with Crippen LogP contribution in [0, 0.1) is 11.3 Å². The lowest BCUT2D eigenvalue weighted by Gasteiger charge is -2.41. The van der Waals surface area contributed by atoms with Gasteiger partial charge in [-0.3, -0.25) is 9.69 Å². The first-order valence-electron chi connectivity index (χ1n) is 14.3. The Morgan fingerprint density at radius 3 is 2.26 bits per heavy atom. The maximum absolute atomic E-state index is 13.9. The molecule has 0 radical (unpaired) electrons. The standard InChI is InChI=1S/C34H35N5O3/c1-42-34(41)32(20-26-8-4-2-5-9-26)39(33(40)29-10-6-3-7-11-29)31-16-18-37(19-17-31)23-30-24-38(25-36-30)22-28-14-12-27(21-35)13-15-28/h2-15,24-25,31-32H,16-20,22-23H2,1H3/t32-/m0/s1. The van der Waals surface area contributed by atoms with Gasteiger partial charge in [0.15, 0.2) is 0 Å². The van der Waals surface area contributed by atoms with Crippen LogP contribution >= 0.6 is 0 Å². The summed E-state index contributed by atoms with van der Waals surface area (Å²) in [6, 6.07) is 27.9. The molecule has 4 aromatic rings. The van der Waals surface area contributed by atoms with Gasteiger partial charge in [-0.05, 0) is 48.2 Å². The summed E-state index contributed by atoms with van der Waals surface area (Å²) in [6.45, 7) is 2.97. The van der Waals surface area contributed by atoms with E-state index in [2.05, 4.69) is 22.1 Å². The number of rotatable bonds is 10. The monoisotopic (exact) mass is 561 g/mol. The molecule has 8 nitrogen and oxygen atoms in total. The highest BCUT2D eigenvalue weighted by atomic mass is 16.5. The second kappa shape index (κ2) is 13.7. The minimum absolute atomic E-state index is 0.101. The molecule has 0 bridgehead atoms. The van der Waals surface area contributed by atoms with E-state index in [0.29, 0.717) is 30.6 Å². The number of imidazole rings is 1. The van der Waals surface area contributed by atoms with Crippen molar-refractivity contribution in [2.45, 2.75) is 44.4 Å². The number of benzene rings is 3.